The Balaban J connectivity index is 1.90. The molecule has 14 nitrogen and oxygen atoms in total. The van der Waals surface area contributed by atoms with Crippen LogP contribution in [0.15, 0.2) is 12.7 Å². The highest BCUT2D eigenvalue weighted by molar-refractivity contribution is 7.86. The normalized spacial score (nSPS) is 23.4. The molecule has 0 aromatic carbocycles. The van der Waals surface area contributed by atoms with E-state index in [2.05, 4.69) is 27.8 Å². The van der Waals surface area contributed by atoms with Gasteiger partial charge in [-0.1, -0.05) is 60.0 Å². The van der Waals surface area contributed by atoms with E-state index in [0.717, 1.165) is 27.9 Å². The molecule has 3 rings (SSSR count). The number of hydrogen-bond acceptors (Lipinski definition) is 7. The van der Waals surface area contributed by atoms with Gasteiger partial charge in [-0.25, -0.2) is 13.6 Å². The lowest BCUT2D eigenvalue weighted by Crippen LogP contribution is -2.62. The first-order valence-electron chi connectivity index (χ1n) is 18.5. The van der Waals surface area contributed by atoms with Gasteiger partial charge < -0.3 is 26.2 Å². The number of Topliss-reactive ketones (excluding diaryl/α,β-unsaturated/α-hetero) is 1. The third-order valence-corrected chi connectivity index (χ3v) is 13.1. The molecule has 1 aliphatic heterocycles. The van der Waals surface area contributed by atoms with E-state index in [0.29, 0.717) is 19.8 Å². The maximum atomic E-state index is 14.6. The fourth-order valence-electron chi connectivity index (χ4n) is 7.68. The van der Waals surface area contributed by atoms with Crippen LogP contribution < -0.4 is 21.3 Å². The minimum absolute atomic E-state index is 0.0382. The number of hydrogen-bond donors (Lipinski definition) is 4. The average molecular weight is 774 g/mol. The van der Waals surface area contributed by atoms with Crippen molar-refractivity contribution < 1.29 is 41.2 Å². The zero-order chi connectivity index (χ0) is 40.3. The van der Waals surface area contributed by atoms with Crippen molar-refractivity contribution in [1.82, 2.24) is 34.8 Å². The summed E-state index contributed by atoms with van der Waals surface area (Å²) in [6.07, 6.45) is 4.07. The smallest absolute Gasteiger partial charge is 0.315 e. The fourth-order valence-corrected chi connectivity index (χ4v) is 8.58. The van der Waals surface area contributed by atoms with E-state index >= 15 is 0 Å². The fraction of sp³-hybridized carbons (Fsp3) is 0.806. The Morgan fingerprint density at radius 3 is 2.11 bits per heavy atom. The second-order valence-electron chi connectivity index (χ2n) is 16.9. The summed E-state index contributed by atoms with van der Waals surface area (Å²) in [5.74, 6) is -7.10. The van der Waals surface area contributed by atoms with E-state index in [4.69, 9.17) is 0 Å². The van der Waals surface area contributed by atoms with Gasteiger partial charge in [0.05, 0.1) is 6.04 Å². The minimum atomic E-state index is -3.78. The van der Waals surface area contributed by atoms with E-state index in [1.54, 1.807) is 0 Å². The van der Waals surface area contributed by atoms with Gasteiger partial charge >= 0.3 is 6.03 Å². The van der Waals surface area contributed by atoms with Crippen molar-refractivity contribution in [2.75, 3.05) is 40.8 Å². The van der Waals surface area contributed by atoms with Gasteiger partial charge in [0.2, 0.25) is 23.5 Å². The van der Waals surface area contributed by atoms with E-state index in [9.17, 15) is 41.2 Å². The van der Waals surface area contributed by atoms with Crippen LogP contribution in [0.5, 0.6) is 0 Å². The Bertz CT molecular complexity index is 1490. The van der Waals surface area contributed by atoms with E-state index in [1.165, 1.54) is 32.1 Å². The van der Waals surface area contributed by atoms with Gasteiger partial charge in [0, 0.05) is 53.2 Å². The summed E-state index contributed by atoms with van der Waals surface area (Å²) in [4.78, 5) is 69.6. The Labute approximate surface area is 313 Å². The number of urea groups is 1. The predicted octanol–water partition coefficient (Wildman–Crippen LogP) is 2.66. The molecule has 3 fully saturated rings. The quantitative estimate of drug-likeness (QED) is 0.130. The van der Waals surface area contributed by atoms with Crippen LogP contribution >= 0.6 is 0 Å². The Morgan fingerprint density at radius 2 is 1.58 bits per heavy atom. The summed E-state index contributed by atoms with van der Waals surface area (Å²) in [5, 5.41) is 10.7. The zero-order valence-corrected chi connectivity index (χ0v) is 33.6. The summed E-state index contributed by atoms with van der Waals surface area (Å²) in [5.41, 5.74) is -0.916. The molecule has 1 unspecified atom stereocenters. The number of ketones is 1. The van der Waals surface area contributed by atoms with Crippen LogP contribution in [0.2, 0.25) is 0 Å². The molecule has 0 radical (unpaired) electrons. The molecule has 4 N–H and O–H groups in total. The second kappa shape index (κ2) is 17.1. The third kappa shape index (κ3) is 11.0. The topological polar surface area (TPSA) is 177 Å². The number of likely N-dealkylation sites (N-methyl/N-ethyl adjacent to an activating group) is 1. The zero-order valence-electron chi connectivity index (χ0n) is 32.8. The standard InChI is InChI=1S/C36H61F2N7O7S/c1-11-19-39-31(48)29(46)24(17-18-36(7,37)38)40-30(47)28-26-23(35(26,5)6)20-45(28)32(49)27(22-15-13-12-14-16-22)42-33(50)41-25(34(2,3)4)21-44(10)53(51,52)43(8)9/h11,22-28H,1,12-21H2,2-10H3,(H,39,48)(H,40,47)(H2,41,42,50)/t23-,24?,25+,26-,27-,28-/m0/s1. The number of halogens is 2. The van der Waals surface area contributed by atoms with Crippen molar-refractivity contribution >= 4 is 39.7 Å². The van der Waals surface area contributed by atoms with E-state index in [-0.39, 0.29) is 42.8 Å². The largest absolute Gasteiger partial charge is 0.346 e. The Hall–Kier alpha value is -3.18. The molecule has 0 spiro atoms. The number of piperidine rings is 1. The van der Waals surface area contributed by atoms with Gasteiger partial charge in [-0.3, -0.25) is 19.2 Å². The van der Waals surface area contributed by atoms with Gasteiger partial charge in [0.15, 0.2) is 0 Å². The molecule has 302 valence electrons. The lowest BCUT2D eigenvalue weighted by molar-refractivity contribution is -0.145. The molecule has 6 atom stereocenters. The first-order chi connectivity index (χ1) is 24.3. The van der Waals surface area contributed by atoms with Crippen LogP contribution in [-0.4, -0.2) is 122 Å². The maximum Gasteiger partial charge on any atom is 0.315 e. The third-order valence-electron chi connectivity index (χ3n) is 11.2. The Morgan fingerprint density at radius 1 is 0.981 bits per heavy atom. The summed E-state index contributed by atoms with van der Waals surface area (Å²) in [6.45, 7) is 13.8. The monoisotopic (exact) mass is 773 g/mol. The molecule has 17 heteroatoms. The SMILES string of the molecule is C=CCNC(=O)C(=O)C(CCC(C)(F)F)NC(=O)[C@@H]1[C@@H]2[C@H](CN1C(=O)[C@@H](NC(=O)N[C@H](CN(C)S(=O)(=O)N(C)C)C(C)(C)C)C1CCCCC1)C2(C)C. The number of likely N-dealkylation sites (tertiary alicyclic amines) is 1. The lowest BCUT2D eigenvalue weighted by atomic mass is 9.83. The molecule has 0 aromatic heterocycles. The number of carbonyl (C=O) groups is 5. The number of fused-ring (bicyclic) bond motifs is 1. The summed E-state index contributed by atoms with van der Waals surface area (Å²) < 4.78 is 55.6. The van der Waals surface area contributed by atoms with Crippen molar-refractivity contribution in [3.05, 3.63) is 12.7 Å². The first kappa shape index (κ1) is 44.2. The van der Waals surface area contributed by atoms with Gasteiger partial charge in [-0.05, 0) is 54.8 Å². The summed E-state index contributed by atoms with van der Waals surface area (Å²) in [7, 11) is 0.473. The van der Waals surface area contributed by atoms with Crippen LogP contribution in [0.4, 0.5) is 13.6 Å². The highest BCUT2D eigenvalue weighted by Gasteiger charge is 2.69. The molecule has 3 aliphatic rings. The highest BCUT2D eigenvalue weighted by atomic mass is 32.2. The Kier molecular flexibility index (Phi) is 14.3. The van der Waals surface area contributed by atoms with Crippen LogP contribution in [0, 0.1) is 28.6 Å². The molecule has 2 saturated carbocycles. The number of nitrogens with zero attached hydrogens (tertiary/aromatic N) is 3. The van der Waals surface area contributed by atoms with Crippen LogP contribution in [0.3, 0.4) is 0 Å². The van der Waals surface area contributed by atoms with Crippen molar-refractivity contribution in [3.63, 3.8) is 0 Å². The van der Waals surface area contributed by atoms with E-state index < -0.39 is 88.1 Å². The number of nitrogens with one attached hydrogen (secondary N) is 4. The van der Waals surface area contributed by atoms with Crippen LogP contribution in [-0.2, 0) is 29.4 Å². The molecular weight excluding hydrogens is 713 g/mol. The number of carbonyl (C=O) groups excluding carboxylic acids is 5. The van der Waals surface area contributed by atoms with Gasteiger partial charge in [0.25, 0.3) is 16.1 Å². The summed E-state index contributed by atoms with van der Waals surface area (Å²) in [6, 6.07) is -4.96. The second-order valence-corrected chi connectivity index (χ2v) is 19.2. The predicted molar refractivity (Wildman–Crippen MR) is 197 cm³/mol. The van der Waals surface area contributed by atoms with Gasteiger partial charge in [0.1, 0.15) is 12.1 Å². The molecular formula is C36H61F2N7O7S. The number of alkyl halides is 2. The van der Waals surface area contributed by atoms with Gasteiger partial charge in [-0.2, -0.15) is 17.0 Å². The minimum Gasteiger partial charge on any atom is -0.346 e. The molecule has 2 aliphatic carbocycles. The van der Waals surface area contributed by atoms with E-state index in [1.807, 2.05) is 34.6 Å². The molecule has 0 aromatic rings. The van der Waals surface area contributed by atoms with Crippen molar-refractivity contribution in [2.45, 2.75) is 117 Å². The van der Waals surface area contributed by atoms with Crippen molar-refractivity contribution in [2.24, 2.45) is 28.6 Å². The van der Waals surface area contributed by atoms with Crippen molar-refractivity contribution in [1.29, 1.82) is 0 Å². The van der Waals surface area contributed by atoms with Crippen LogP contribution in [0.1, 0.15) is 86.5 Å². The highest BCUT2D eigenvalue weighted by Crippen LogP contribution is 2.65. The van der Waals surface area contributed by atoms with Crippen LogP contribution in [0.25, 0.3) is 0 Å². The summed E-state index contributed by atoms with van der Waals surface area (Å²) >= 11 is 0. The average Bonchev–Trinajstić information content (AvgIpc) is 3.37. The number of amides is 5. The molecule has 53 heavy (non-hydrogen) atoms. The maximum absolute atomic E-state index is 14.6. The molecule has 1 heterocycles. The molecule has 5 amide bonds. The lowest BCUT2D eigenvalue weighted by Gasteiger charge is -2.38. The molecule has 0 bridgehead atoms. The van der Waals surface area contributed by atoms with Gasteiger partial charge in [-0.15, -0.1) is 6.58 Å². The number of rotatable bonds is 17. The van der Waals surface area contributed by atoms with Crippen molar-refractivity contribution in [3.8, 4) is 0 Å². The first-order valence-corrected chi connectivity index (χ1v) is 19.9. The molecule has 1 saturated heterocycles.